The third-order valence-corrected chi connectivity index (χ3v) is 4.17. The Morgan fingerprint density at radius 1 is 1.41 bits per heavy atom. The average Bonchev–Trinajstić information content (AvgIpc) is 1.93. The summed E-state index contributed by atoms with van der Waals surface area (Å²) < 4.78 is 0. The minimum atomic E-state index is 0.195. The maximum atomic E-state index is 11.4. The van der Waals surface area contributed by atoms with Crippen LogP contribution in [0.25, 0.3) is 0 Å². The number of Topliss-reactive ketones (excluding diaryl/α,β-unsaturated/α-hetero) is 1. The van der Waals surface area contributed by atoms with Gasteiger partial charge in [-0.15, -0.1) is 0 Å². The number of carbonyl (C=O) groups is 1. The van der Waals surface area contributed by atoms with E-state index in [2.05, 4.69) is 47.6 Å². The quantitative estimate of drug-likeness (QED) is 0.653. The summed E-state index contributed by atoms with van der Waals surface area (Å²) in [6.07, 6.45) is 4.29. The van der Waals surface area contributed by atoms with Crippen molar-refractivity contribution in [1.29, 1.82) is 0 Å². The van der Waals surface area contributed by atoms with Gasteiger partial charge in [-0.25, -0.2) is 0 Å². The highest BCUT2D eigenvalue weighted by atomic mass is 16.1. The lowest BCUT2D eigenvalue weighted by molar-refractivity contribution is -0.119. The average molecular weight is 236 g/mol. The minimum absolute atomic E-state index is 0.195. The molecule has 1 heteroatoms. The molecule has 0 saturated carbocycles. The molecule has 1 nitrogen and oxygen atoms in total. The van der Waals surface area contributed by atoms with Crippen LogP contribution in [-0.2, 0) is 4.79 Å². The Balaban J connectivity index is 3.05. The SMILES string of the molecule is CC(=O)CC(C)C1C(C)(C)C=C(C)CC1(C)C. The van der Waals surface area contributed by atoms with Gasteiger partial charge in [-0.3, -0.25) is 0 Å². The summed E-state index contributed by atoms with van der Waals surface area (Å²) in [5.41, 5.74) is 1.98. The van der Waals surface area contributed by atoms with Crippen molar-refractivity contribution >= 4 is 5.78 Å². The molecule has 0 radical (unpaired) electrons. The van der Waals surface area contributed by atoms with E-state index in [9.17, 15) is 4.79 Å². The van der Waals surface area contributed by atoms with Gasteiger partial charge in [0, 0.05) is 6.42 Å². The molecule has 0 N–H and O–H groups in total. The monoisotopic (exact) mass is 236 g/mol. The molecule has 0 aromatic carbocycles. The van der Waals surface area contributed by atoms with E-state index < -0.39 is 0 Å². The van der Waals surface area contributed by atoms with Crippen molar-refractivity contribution < 1.29 is 4.79 Å². The molecule has 0 spiro atoms. The van der Waals surface area contributed by atoms with Crippen LogP contribution in [0.15, 0.2) is 11.6 Å². The van der Waals surface area contributed by atoms with Crippen LogP contribution in [0.4, 0.5) is 0 Å². The Bertz CT molecular complexity index is 333. The molecule has 0 saturated heterocycles. The second-order valence-corrected chi connectivity index (χ2v) is 7.34. The number of hydrogen-bond acceptors (Lipinski definition) is 1. The first kappa shape index (κ1) is 14.5. The van der Waals surface area contributed by atoms with Crippen molar-refractivity contribution in [2.75, 3.05) is 0 Å². The van der Waals surface area contributed by atoms with Crippen LogP contribution in [0.2, 0.25) is 0 Å². The number of allylic oxidation sites excluding steroid dienone is 2. The molecule has 1 aliphatic carbocycles. The zero-order valence-corrected chi connectivity index (χ0v) is 12.6. The van der Waals surface area contributed by atoms with E-state index in [1.807, 2.05) is 0 Å². The zero-order chi connectivity index (χ0) is 13.4. The fraction of sp³-hybridized carbons (Fsp3) is 0.812. The van der Waals surface area contributed by atoms with Gasteiger partial charge in [-0.1, -0.05) is 46.3 Å². The molecule has 0 heterocycles. The molecule has 1 rings (SSSR count). The normalized spacial score (nSPS) is 28.4. The van der Waals surface area contributed by atoms with Crippen LogP contribution >= 0.6 is 0 Å². The second kappa shape index (κ2) is 4.59. The van der Waals surface area contributed by atoms with E-state index in [1.165, 1.54) is 5.57 Å². The number of rotatable bonds is 3. The molecule has 0 aliphatic heterocycles. The lowest BCUT2D eigenvalue weighted by Crippen LogP contribution is -2.43. The summed E-state index contributed by atoms with van der Waals surface area (Å²) in [5.74, 6) is 1.35. The van der Waals surface area contributed by atoms with Crippen LogP contribution in [0.3, 0.4) is 0 Å². The Morgan fingerprint density at radius 2 is 1.94 bits per heavy atom. The fourth-order valence-corrected chi connectivity index (χ4v) is 4.69. The van der Waals surface area contributed by atoms with Crippen LogP contribution in [0.5, 0.6) is 0 Å². The largest absolute Gasteiger partial charge is 0.300 e. The third-order valence-electron chi connectivity index (χ3n) is 4.17. The minimum Gasteiger partial charge on any atom is -0.300 e. The van der Waals surface area contributed by atoms with E-state index >= 15 is 0 Å². The van der Waals surface area contributed by atoms with Gasteiger partial charge < -0.3 is 4.79 Å². The summed E-state index contributed by atoms with van der Waals surface area (Å²) in [7, 11) is 0. The molecule has 0 aromatic rings. The zero-order valence-electron chi connectivity index (χ0n) is 12.6. The maximum absolute atomic E-state index is 11.4. The third kappa shape index (κ3) is 3.20. The van der Waals surface area contributed by atoms with Gasteiger partial charge in [0.2, 0.25) is 0 Å². The lowest BCUT2D eigenvalue weighted by Gasteiger charge is -2.50. The van der Waals surface area contributed by atoms with Crippen molar-refractivity contribution in [3.63, 3.8) is 0 Å². The van der Waals surface area contributed by atoms with Crippen molar-refractivity contribution in [3.8, 4) is 0 Å². The molecular formula is C16H28O. The van der Waals surface area contributed by atoms with Gasteiger partial charge in [0.15, 0.2) is 0 Å². The van der Waals surface area contributed by atoms with Gasteiger partial charge in [-0.2, -0.15) is 0 Å². The molecule has 0 fully saturated rings. The molecule has 0 amide bonds. The van der Waals surface area contributed by atoms with E-state index in [-0.39, 0.29) is 10.8 Å². The molecular weight excluding hydrogens is 208 g/mol. The first-order valence-electron chi connectivity index (χ1n) is 6.74. The molecule has 2 atom stereocenters. The van der Waals surface area contributed by atoms with E-state index in [4.69, 9.17) is 0 Å². The number of ketones is 1. The fourth-order valence-electron chi connectivity index (χ4n) is 4.69. The first-order valence-corrected chi connectivity index (χ1v) is 6.74. The van der Waals surface area contributed by atoms with Gasteiger partial charge in [0.05, 0.1) is 0 Å². The van der Waals surface area contributed by atoms with E-state index in [0.29, 0.717) is 24.0 Å². The highest BCUT2D eigenvalue weighted by molar-refractivity contribution is 5.75. The molecule has 0 bridgehead atoms. The standard InChI is InChI=1S/C16H28O/c1-11-9-15(4,5)14(16(6,7)10-11)12(2)8-13(3)17/h9,12,14H,8,10H2,1-7H3. The predicted octanol–water partition coefficient (Wildman–Crippen LogP) is 4.62. The van der Waals surface area contributed by atoms with E-state index in [1.54, 1.807) is 6.92 Å². The first-order chi connectivity index (χ1) is 7.56. The van der Waals surface area contributed by atoms with Crippen molar-refractivity contribution in [3.05, 3.63) is 11.6 Å². The predicted molar refractivity (Wildman–Crippen MR) is 73.9 cm³/mol. The Morgan fingerprint density at radius 3 is 2.35 bits per heavy atom. The number of carbonyl (C=O) groups excluding carboxylic acids is 1. The molecule has 17 heavy (non-hydrogen) atoms. The smallest absolute Gasteiger partial charge is 0.130 e. The maximum Gasteiger partial charge on any atom is 0.130 e. The second-order valence-electron chi connectivity index (χ2n) is 7.34. The van der Waals surface area contributed by atoms with Crippen LogP contribution < -0.4 is 0 Å². The van der Waals surface area contributed by atoms with Gasteiger partial charge in [0.1, 0.15) is 5.78 Å². The summed E-state index contributed by atoms with van der Waals surface area (Å²) >= 11 is 0. The topological polar surface area (TPSA) is 17.1 Å². The lowest BCUT2D eigenvalue weighted by atomic mass is 9.54. The molecule has 0 aromatic heterocycles. The molecule has 98 valence electrons. The highest BCUT2D eigenvalue weighted by Crippen LogP contribution is 2.53. The Kier molecular flexibility index (Phi) is 3.91. The Hall–Kier alpha value is -0.590. The summed E-state index contributed by atoms with van der Waals surface area (Å²) in [4.78, 5) is 11.4. The molecule has 1 aliphatic rings. The van der Waals surface area contributed by atoms with Gasteiger partial charge >= 0.3 is 0 Å². The van der Waals surface area contributed by atoms with Crippen molar-refractivity contribution in [2.24, 2.45) is 22.7 Å². The summed E-state index contributed by atoms with van der Waals surface area (Å²) in [6.45, 7) is 15.5. The van der Waals surface area contributed by atoms with Gasteiger partial charge in [-0.05, 0) is 42.9 Å². The van der Waals surface area contributed by atoms with E-state index in [0.717, 1.165) is 6.42 Å². The highest BCUT2D eigenvalue weighted by Gasteiger charge is 2.45. The van der Waals surface area contributed by atoms with Crippen LogP contribution in [0.1, 0.15) is 61.3 Å². The van der Waals surface area contributed by atoms with Crippen LogP contribution in [0, 0.1) is 22.7 Å². The summed E-state index contributed by atoms with van der Waals surface area (Å²) in [6, 6.07) is 0. The van der Waals surface area contributed by atoms with Crippen molar-refractivity contribution in [1.82, 2.24) is 0 Å². The molecule has 2 unspecified atom stereocenters. The van der Waals surface area contributed by atoms with Gasteiger partial charge in [0.25, 0.3) is 0 Å². The number of hydrogen-bond donors (Lipinski definition) is 0. The summed E-state index contributed by atoms with van der Waals surface area (Å²) in [5, 5.41) is 0. The van der Waals surface area contributed by atoms with Crippen LogP contribution in [-0.4, -0.2) is 5.78 Å². The Labute approximate surface area is 107 Å². The van der Waals surface area contributed by atoms with Crippen molar-refractivity contribution in [2.45, 2.75) is 61.3 Å².